The fraction of sp³-hybridized carbons (Fsp3) is 0.316. The number of hydrogen-bond acceptors (Lipinski definition) is 3. The number of carbonyl (C=O) groups is 1. The van der Waals surface area contributed by atoms with Crippen molar-refractivity contribution in [3.8, 4) is 16.9 Å². The summed E-state index contributed by atoms with van der Waals surface area (Å²) in [5, 5.41) is 15.6. The Hall–Kier alpha value is -2.53. The van der Waals surface area contributed by atoms with Crippen molar-refractivity contribution in [3.63, 3.8) is 0 Å². The van der Waals surface area contributed by atoms with Crippen molar-refractivity contribution in [3.05, 3.63) is 48.5 Å². The summed E-state index contributed by atoms with van der Waals surface area (Å²) in [5.74, 6) is 0.784. The smallest absolute Gasteiger partial charge is 0.319 e. The van der Waals surface area contributed by atoms with E-state index in [1.807, 2.05) is 48.5 Å². The monoisotopic (exact) mass is 326 g/mol. The Morgan fingerprint density at radius 2 is 2.00 bits per heavy atom. The van der Waals surface area contributed by atoms with Gasteiger partial charge >= 0.3 is 6.03 Å². The normalized spacial score (nSPS) is 15.2. The topological polar surface area (TPSA) is 70.6 Å². The lowest BCUT2D eigenvalue weighted by atomic mass is 9.80. The third kappa shape index (κ3) is 3.68. The molecule has 1 fully saturated rings. The van der Waals surface area contributed by atoms with Crippen molar-refractivity contribution in [1.82, 2.24) is 5.32 Å². The third-order valence-electron chi connectivity index (χ3n) is 4.40. The molecule has 24 heavy (non-hydrogen) atoms. The maximum atomic E-state index is 12.0. The Kier molecular flexibility index (Phi) is 4.71. The molecule has 3 N–H and O–H groups in total. The van der Waals surface area contributed by atoms with E-state index in [-0.39, 0.29) is 12.6 Å². The summed E-state index contributed by atoms with van der Waals surface area (Å²) < 4.78 is 5.39. The fourth-order valence-corrected chi connectivity index (χ4v) is 2.83. The fourth-order valence-electron chi connectivity index (χ4n) is 2.83. The average molecular weight is 326 g/mol. The van der Waals surface area contributed by atoms with Gasteiger partial charge in [0.05, 0.1) is 12.7 Å². The predicted molar refractivity (Wildman–Crippen MR) is 94.3 cm³/mol. The maximum absolute atomic E-state index is 12.0. The number of hydrogen-bond donors (Lipinski definition) is 3. The number of para-hydroxylation sites is 1. The molecule has 0 bridgehead atoms. The summed E-state index contributed by atoms with van der Waals surface area (Å²) in [6.07, 6.45) is 2.51. The molecule has 1 aliphatic carbocycles. The highest BCUT2D eigenvalue weighted by Gasteiger charge is 2.34. The highest BCUT2D eigenvalue weighted by atomic mass is 16.5. The van der Waals surface area contributed by atoms with Crippen molar-refractivity contribution in [2.45, 2.75) is 24.9 Å². The van der Waals surface area contributed by atoms with Gasteiger partial charge in [-0.3, -0.25) is 0 Å². The van der Waals surface area contributed by atoms with Gasteiger partial charge < -0.3 is 20.5 Å². The van der Waals surface area contributed by atoms with Crippen LogP contribution >= 0.6 is 0 Å². The summed E-state index contributed by atoms with van der Waals surface area (Å²) in [7, 11) is 1.64. The standard InChI is InChI=1S/C19H22N2O3/c1-24-17-9-3-2-8-16(17)14-6-4-7-15(12-14)21-18(22)20-13-19(23)10-5-11-19/h2-4,6-9,12,23H,5,10-11,13H2,1H3,(H2,20,21,22). The second-order valence-corrected chi connectivity index (χ2v) is 6.17. The van der Waals surface area contributed by atoms with Crippen LogP contribution in [0.3, 0.4) is 0 Å². The van der Waals surface area contributed by atoms with E-state index in [1.165, 1.54) is 0 Å². The van der Waals surface area contributed by atoms with Crippen LogP contribution in [0.2, 0.25) is 0 Å². The summed E-state index contributed by atoms with van der Waals surface area (Å²) in [4.78, 5) is 12.0. The molecule has 126 valence electrons. The van der Waals surface area contributed by atoms with Crippen LogP contribution in [0, 0.1) is 0 Å². The lowest BCUT2D eigenvalue weighted by Crippen LogP contribution is -2.48. The number of urea groups is 1. The zero-order valence-electron chi connectivity index (χ0n) is 13.7. The van der Waals surface area contributed by atoms with E-state index in [0.29, 0.717) is 5.69 Å². The van der Waals surface area contributed by atoms with Crippen LogP contribution in [0.5, 0.6) is 5.75 Å². The lowest BCUT2D eigenvalue weighted by molar-refractivity contribution is -0.0287. The van der Waals surface area contributed by atoms with Crippen molar-refractivity contribution in [1.29, 1.82) is 0 Å². The molecule has 0 radical (unpaired) electrons. The molecule has 5 heteroatoms. The first-order valence-corrected chi connectivity index (χ1v) is 8.10. The minimum absolute atomic E-state index is 0.283. The zero-order valence-corrected chi connectivity index (χ0v) is 13.7. The molecule has 2 aromatic carbocycles. The van der Waals surface area contributed by atoms with E-state index < -0.39 is 5.60 Å². The highest BCUT2D eigenvalue weighted by Crippen LogP contribution is 2.31. The van der Waals surface area contributed by atoms with Gasteiger partial charge in [-0.05, 0) is 43.0 Å². The Labute approximate surface area is 141 Å². The highest BCUT2D eigenvalue weighted by molar-refractivity contribution is 5.90. The first-order valence-electron chi connectivity index (χ1n) is 8.10. The van der Waals surface area contributed by atoms with Gasteiger partial charge in [0.2, 0.25) is 0 Å². The predicted octanol–water partition coefficient (Wildman–Crippen LogP) is 3.40. The second kappa shape index (κ2) is 6.93. The number of nitrogens with one attached hydrogen (secondary N) is 2. The largest absolute Gasteiger partial charge is 0.496 e. The van der Waals surface area contributed by atoms with Gasteiger partial charge in [0.15, 0.2) is 0 Å². The Morgan fingerprint density at radius 1 is 1.21 bits per heavy atom. The van der Waals surface area contributed by atoms with Crippen molar-refractivity contribution < 1.29 is 14.6 Å². The molecule has 1 saturated carbocycles. The van der Waals surface area contributed by atoms with Gasteiger partial charge in [-0.1, -0.05) is 30.3 Å². The quantitative estimate of drug-likeness (QED) is 0.788. The third-order valence-corrected chi connectivity index (χ3v) is 4.40. The molecule has 2 amide bonds. The molecule has 2 aromatic rings. The molecule has 0 aromatic heterocycles. The molecule has 0 aliphatic heterocycles. The summed E-state index contributed by atoms with van der Waals surface area (Å²) in [6.45, 7) is 0.283. The van der Waals surface area contributed by atoms with Crippen LogP contribution in [-0.2, 0) is 0 Å². The Balaban J connectivity index is 1.68. The van der Waals surface area contributed by atoms with Crippen LogP contribution in [-0.4, -0.2) is 30.4 Å². The zero-order chi connectivity index (χ0) is 17.0. The van der Waals surface area contributed by atoms with Crippen molar-refractivity contribution in [2.24, 2.45) is 0 Å². The maximum Gasteiger partial charge on any atom is 0.319 e. The minimum atomic E-state index is -0.726. The van der Waals surface area contributed by atoms with Gasteiger partial charge in [-0.2, -0.15) is 0 Å². The van der Waals surface area contributed by atoms with Gasteiger partial charge in [0.25, 0.3) is 0 Å². The van der Waals surface area contributed by atoms with Gasteiger partial charge in [0.1, 0.15) is 5.75 Å². The summed E-state index contributed by atoms with van der Waals surface area (Å²) >= 11 is 0. The molecule has 5 nitrogen and oxygen atoms in total. The van der Waals surface area contributed by atoms with E-state index >= 15 is 0 Å². The van der Waals surface area contributed by atoms with Crippen LogP contribution in [0.25, 0.3) is 11.1 Å². The summed E-state index contributed by atoms with van der Waals surface area (Å²) in [5.41, 5.74) is 1.89. The van der Waals surface area contributed by atoms with Gasteiger partial charge in [0, 0.05) is 17.8 Å². The number of anilines is 1. The number of amides is 2. The number of aliphatic hydroxyl groups is 1. The SMILES string of the molecule is COc1ccccc1-c1cccc(NC(=O)NCC2(O)CCC2)c1. The number of ether oxygens (including phenoxy) is 1. The van der Waals surface area contributed by atoms with E-state index in [1.54, 1.807) is 7.11 Å². The van der Waals surface area contributed by atoms with Crippen molar-refractivity contribution >= 4 is 11.7 Å². The number of methoxy groups -OCH3 is 1. The van der Waals surface area contributed by atoms with Crippen LogP contribution in [0.4, 0.5) is 10.5 Å². The lowest BCUT2D eigenvalue weighted by Gasteiger charge is -2.36. The first kappa shape index (κ1) is 16.3. The number of benzene rings is 2. The molecule has 0 heterocycles. The molecule has 1 aliphatic rings. The van der Waals surface area contributed by atoms with Gasteiger partial charge in [-0.15, -0.1) is 0 Å². The Bertz CT molecular complexity index is 726. The van der Waals surface area contributed by atoms with Crippen molar-refractivity contribution in [2.75, 3.05) is 19.0 Å². The minimum Gasteiger partial charge on any atom is -0.496 e. The van der Waals surface area contributed by atoms with Gasteiger partial charge in [-0.25, -0.2) is 4.79 Å². The number of rotatable bonds is 5. The molecule has 0 atom stereocenters. The van der Waals surface area contributed by atoms with E-state index in [4.69, 9.17) is 4.74 Å². The summed E-state index contributed by atoms with van der Waals surface area (Å²) in [6, 6.07) is 15.0. The average Bonchev–Trinajstić information content (AvgIpc) is 2.58. The molecule has 0 saturated heterocycles. The Morgan fingerprint density at radius 3 is 2.71 bits per heavy atom. The van der Waals surface area contributed by atoms with E-state index in [0.717, 1.165) is 36.1 Å². The number of carbonyl (C=O) groups excluding carboxylic acids is 1. The van der Waals surface area contributed by atoms with E-state index in [9.17, 15) is 9.90 Å². The molecule has 3 rings (SSSR count). The molecular formula is C19H22N2O3. The molecule has 0 spiro atoms. The van der Waals surface area contributed by atoms with Crippen LogP contribution < -0.4 is 15.4 Å². The molecular weight excluding hydrogens is 304 g/mol. The first-order chi connectivity index (χ1) is 11.6. The molecule has 0 unspecified atom stereocenters. The van der Waals surface area contributed by atoms with E-state index in [2.05, 4.69) is 10.6 Å². The van der Waals surface area contributed by atoms with Crippen LogP contribution in [0.15, 0.2) is 48.5 Å². The van der Waals surface area contributed by atoms with Crippen LogP contribution in [0.1, 0.15) is 19.3 Å². The second-order valence-electron chi connectivity index (χ2n) is 6.17.